The van der Waals surface area contributed by atoms with Crippen LogP contribution in [0.15, 0.2) is 24.4 Å². The molecule has 3 heteroatoms. The summed E-state index contributed by atoms with van der Waals surface area (Å²) in [6, 6.07) is 7.71. The molecule has 1 saturated heterocycles. The molecule has 118 valence electrons. The fraction of sp³-hybridized carbons (Fsp3) is 0.579. The summed E-state index contributed by atoms with van der Waals surface area (Å²) in [5.41, 5.74) is 10.6. The fourth-order valence-electron chi connectivity index (χ4n) is 4.76. The van der Waals surface area contributed by atoms with Crippen LogP contribution in [0.3, 0.4) is 0 Å². The number of likely N-dealkylation sites (tertiary alicyclic amines) is 1. The molecule has 4 rings (SSSR count). The maximum absolute atomic E-state index is 6.29. The molecule has 2 heterocycles. The largest absolute Gasteiger partial charge is 0.361 e. The van der Waals surface area contributed by atoms with Crippen LogP contribution < -0.4 is 5.73 Å². The Bertz CT molecular complexity index is 672. The molecule has 0 saturated carbocycles. The minimum Gasteiger partial charge on any atom is -0.361 e. The highest BCUT2D eigenvalue weighted by Crippen LogP contribution is 2.45. The lowest BCUT2D eigenvalue weighted by atomic mass is 9.71. The molecule has 3 N–H and O–H groups in total. The molecule has 0 bridgehead atoms. The summed E-state index contributed by atoms with van der Waals surface area (Å²) in [7, 11) is 0. The minimum absolute atomic E-state index is 0.284. The maximum atomic E-state index is 6.29. The maximum Gasteiger partial charge on any atom is 0.0459 e. The topological polar surface area (TPSA) is 45.0 Å². The highest BCUT2D eigenvalue weighted by atomic mass is 15.2. The number of H-pyrrole nitrogens is 1. The first kappa shape index (κ1) is 14.3. The zero-order chi connectivity index (χ0) is 15.3. The van der Waals surface area contributed by atoms with Crippen molar-refractivity contribution in [3.05, 3.63) is 35.5 Å². The molecular formula is C19H27N3. The number of rotatable bonds is 3. The summed E-state index contributed by atoms with van der Waals surface area (Å²) < 4.78 is 0. The van der Waals surface area contributed by atoms with E-state index in [1.54, 1.807) is 5.56 Å². The molecule has 1 aromatic heterocycles. The molecule has 2 aliphatic rings. The summed E-state index contributed by atoms with van der Waals surface area (Å²) in [5, 5.41) is 1.49. The normalized spacial score (nSPS) is 29.5. The van der Waals surface area contributed by atoms with Crippen LogP contribution in [0.1, 0.15) is 43.7 Å². The molecule has 1 aromatic carbocycles. The quantitative estimate of drug-likeness (QED) is 0.913. The minimum atomic E-state index is 0.284. The molecule has 4 atom stereocenters. The van der Waals surface area contributed by atoms with Crippen molar-refractivity contribution in [2.75, 3.05) is 13.1 Å². The van der Waals surface area contributed by atoms with Crippen molar-refractivity contribution in [1.29, 1.82) is 0 Å². The van der Waals surface area contributed by atoms with E-state index in [0.29, 0.717) is 17.9 Å². The number of nitrogens with one attached hydrogen (secondary N) is 1. The molecule has 0 spiro atoms. The predicted octanol–water partition coefficient (Wildman–Crippen LogP) is 3.26. The van der Waals surface area contributed by atoms with Crippen LogP contribution in [0.2, 0.25) is 0 Å². The van der Waals surface area contributed by atoms with Crippen LogP contribution in [-0.4, -0.2) is 35.1 Å². The number of nitrogens with two attached hydrogens (primary N) is 1. The Morgan fingerprint density at radius 3 is 3.05 bits per heavy atom. The Balaban J connectivity index is 1.78. The van der Waals surface area contributed by atoms with Crippen molar-refractivity contribution >= 4 is 10.9 Å². The van der Waals surface area contributed by atoms with Crippen LogP contribution in [-0.2, 0) is 6.42 Å². The van der Waals surface area contributed by atoms with Crippen molar-refractivity contribution in [2.24, 2.45) is 11.7 Å². The van der Waals surface area contributed by atoms with Crippen LogP contribution in [0.25, 0.3) is 10.9 Å². The van der Waals surface area contributed by atoms with E-state index in [9.17, 15) is 0 Å². The standard InChI is InChI=1S/C19H27N3/c1-3-7-22-11-14(12(2)20)8-16-15-5-4-6-17-19(15)13(10-21-17)9-18(16)22/h4-6,10,12,14,16,18,21H,3,7-9,11,20H2,1-2H3/t12?,14-,16-,18-/m1/s1. The zero-order valence-corrected chi connectivity index (χ0v) is 13.7. The van der Waals surface area contributed by atoms with Crippen LogP contribution >= 0.6 is 0 Å². The first-order valence-electron chi connectivity index (χ1n) is 8.77. The van der Waals surface area contributed by atoms with E-state index in [4.69, 9.17) is 5.73 Å². The first-order chi connectivity index (χ1) is 10.7. The van der Waals surface area contributed by atoms with E-state index >= 15 is 0 Å². The highest BCUT2D eigenvalue weighted by molar-refractivity contribution is 5.88. The summed E-state index contributed by atoms with van der Waals surface area (Å²) in [5.74, 6) is 1.26. The molecule has 1 unspecified atom stereocenters. The van der Waals surface area contributed by atoms with Crippen molar-refractivity contribution in [3.8, 4) is 0 Å². The van der Waals surface area contributed by atoms with Gasteiger partial charge < -0.3 is 10.7 Å². The van der Waals surface area contributed by atoms with Crippen molar-refractivity contribution in [3.63, 3.8) is 0 Å². The summed E-state index contributed by atoms with van der Waals surface area (Å²) in [4.78, 5) is 6.19. The van der Waals surface area contributed by atoms with Gasteiger partial charge in [-0.1, -0.05) is 19.1 Å². The Morgan fingerprint density at radius 2 is 2.27 bits per heavy atom. The number of benzene rings is 1. The van der Waals surface area contributed by atoms with E-state index < -0.39 is 0 Å². The van der Waals surface area contributed by atoms with E-state index in [1.165, 1.54) is 48.8 Å². The summed E-state index contributed by atoms with van der Waals surface area (Å²) in [6.45, 7) is 6.83. The number of aromatic amines is 1. The molecule has 22 heavy (non-hydrogen) atoms. The molecule has 3 nitrogen and oxygen atoms in total. The average molecular weight is 297 g/mol. The molecule has 1 aliphatic carbocycles. The van der Waals surface area contributed by atoms with Crippen molar-refractivity contribution < 1.29 is 0 Å². The molecule has 2 aromatic rings. The Hall–Kier alpha value is -1.32. The zero-order valence-electron chi connectivity index (χ0n) is 13.7. The summed E-state index contributed by atoms with van der Waals surface area (Å²) >= 11 is 0. The van der Waals surface area contributed by atoms with Crippen molar-refractivity contribution in [2.45, 2.75) is 51.1 Å². The smallest absolute Gasteiger partial charge is 0.0459 e. The van der Waals surface area contributed by atoms with Gasteiger partial charge in [0.05, 0.1) is 0 Å². The van der Waals surface area contributed by atoms with E-state index in [1.807, 2.05) is 0 Å². The third-order valence-electron chi connectivity index (χ3n) is 5.86. The van der Waals surface area contributed by atoms with E-state index in [2.05, 4.69) is 48.1 Å². The number of hydrogen-bond acceptors (Lipinski definition) is 2. The van der Waals surface area contributed by atoms with E-state index in [-0.39, 0.29) is 6.04 Å². The number of hydrogen-bond donors (Lipinski definition) is 2. The van der Waals surface area contributed by atoms with Gasteiger partial charge in [-0.2, -0.15) is 0 Å². The number of fused-ring (bicyclic) bond motifs is 2. The van der Waals surface area contributed by atoms with Crippen molar-refractivity contribution in [1.82, 2.24) is 9.88 Å². The van der Waals surface area contributed by atoms with Gasteiger partial charge in [-0.05, 0) is 55.8 Å². The third-order valence-corrected chi connectivity index (χ3v) is 5.86. The monoisotopic (exact) mass is 297 g/mol. The SMILES string of the molecule is CCCN1C[C@H](C(C)N)C[C@@H]2c3cccc4[nH]cc(c34)C[C@H]21. The predicted molar refractivity (Wildman–Crippen MR) is 92.2 cm³/mol. The molecule has 1 aliphatic heterocycles. The molecular weight excluding hydrogens is 270 g/mol. The molecule has 0 radical (unpaired) electrons. The fourth-order valence-corrected chi connectivity index (χ4v) is 4.76. The van der Waals surface area contributed by atoms with Gasteiger partial charge >= 0.3 is 0 Å². The van der Waals surface area contributed by atoms with Gasteiger partial charge in [0, 0.05) is 41.6 Å². The number of piperidine rings is 1. The lowest BCUT2D eigenvalue weighted by molar-refractivity contribution is 0.0766. The second-order valence-electron chi connectivity index (χ2n) is 7.31. The van der Waals surface area contributed by atoms with Crippen LogP contribution in [0.4, 0.5) is 0 Å². The number of aromatic nitrogens is 1. The van der Waals surface area contributed by atoms with Gasteiger partial charge in [0.2, 0.25) is 0 Å². The van der Waals surface area contributed by atoms with Gasteiger partial charge in [-0.3, -0.25) is 4.90 Å². The third kappa shape index (κ3) is 2.10. The Morgan fingerprint density at radius 1 is 1.41 bits per heavy atom. The van der Waals surface area contributed by atoms with Gasteiger partial charge in [-0.25, -0.2) is 0 Å². The highest BCUT2D eigenvalue weighted by Gasteiger charge is 2.41. The second kappa shape index (κ2) is 5.39. The second-order valence-corrected chi connectivity index (χ2v) is 7.31. The average Bonchev–Trinajstić information content (AvgIpc) is 2.93. The number of nitrogens with zero attached hydrogens (tertiary/aromatic N) is 1. The first-order valence-corrected chi connectivity index (χ1v) is 8.77. The van der Waals surface area contributed by atoms with Crippen LogP contribution in [0, 0.1) is 5.92 Å². The Labute approximate surface area is 132 Å². The van der Waals surface area contributed by atoms with Gasteiger partial charge in [0.1, 0.15) is 0 Å². The van der Waals surface area contributed by atoms with E-state index in [0.717, 1.165) is 0 Å². The van der Waals surface area contributed by atoms with Gasteiger partial charge in [0.25, 0.3) is 0 Å². The Kier molecular flexibility index (Phi) is 3.50. The van der Waals surface area contributed by atoms with Gasteiger partial charge in [0.15, 0.2) is 0 Å². The molecule has 0 amide bonds. The van der Waals surface area contributed by atoms with Crippen LogP contribution in [0.5, 0.6) is 0 Å². The van der Waals surface area contributed by atoms with Gasteiger partial charge in [-0.15, -0.1) is 0 Å². The summed E-state index contributed by atoms with van der Waals surface area (Å²) in [6.07, 6.45) is 5.88. The lowest BCUT2D eigenvalue weighted by Crippen LogP contribution is -2.53. The molecule has 1 fully saturated rings. The lowest BCUT2D eigenvalue weighted by Gasteiger charge is -2.48.